The van der Waals surface area contributed by atoms with Crippen molar-refractivity contribution in [2.75, 3.05) is 5.32 Å². The Morgan fingerprint density at radius 3 is 2.45 bits per heavy atom. The van der Waals surface area contributed by atoms with Gasteiger partial charge in [-0.3, -0.25) is 19.1 Å². The van der Waals surface area contributed by atoms with Gasteiger partial charge < -0.3 is 5.32 Å². The number of carbonyl (C=O) groups excluding carboxylic acids is 1. The monoisotopic (exact) mass is 425 g/mol. The molecule has 1 amide bonds. The lowest BCUT2D eigenvalue weighted by molar-refractivity contribution is -0.116. The van der Waals surface area contributed by atoms with Crippen molar-refractivity contribution in [1.82, 2.24) is 19.5 Å². The van der Waals surface area contributed by atoms with E-state index >= 15 is 0 Å². The highest BCUT2D eigenvalue weighted by atomic mass is 16.2. The number of aromatic amines is 1. The topological polar surface area (TPSA) is 110 Å². The van der Waals surface area contributed by atoms with Crippen LogP contribution in [0.25, 0.3) is 22.2 Å². The summed E-state index contributed by atoms with van der Waals surface area (Å²) in [6.45, 7) is 4.61. The highest BCUT2D eigenvalue weighted by Gasteiger charge is 2.12. The largest absolute Gasteiger partial charge is 0.330 e. The Hall–Kier alpha value is -3.03. The highest BCUT2D eigenvalue weighted by Crippen LogP contribution is 2.18. The second-order valence-corrected chi connectivity index (χ2v) is 7.93. The molecule has 3 rings (SSSR count). The average Bonchev–Trinajstić information content (AvgIpc) is 2.75. The molecular weight excluding hydrogens is 394 g/mol. The zero-order valence-electron chi connectivity index (χ0n) is 18.4. The Kier molecular flexibility index (Phi) is 7.92. The first kappa shape index (κ1) is 22.7. The quantitative estimate of drug-likeness (QED) is 0.355. The van der Waals surface area contributed by atoms with E-state index in [0.717, 1.165) is 51.4 Å². The maximum atomic E-state index is 12.8. The van der Waals surface area contributed by atoms with Gasteiger partial charge in [-0.1, -0.05) is 52.4 Å². The van der Waals surface area contributed by atoms with Gasteiger partial charge >= 0.3 is 5.69 Å². The molecule has 31 heavy (non-hydrogen) atoms. The van der Waals surface area contributed by atoms with Crippen molar-refractivity contribution in [3.8, 4) is 0 Å². The number of anilines is 1. The van der Waals surface area contributed by atoms with E-state index in [2.05, 4.69) is 34.1 Å². The number of nitrogens with zero attached hydrogens (tertiary/aromatic N) is 3. The molecule has 166 valence electrons. The molecule has 0 spiro atoms. The third kappa shape index (κ3) is 5.77. The molecule has 2 N–H and O–H groups in total. The summed E-state index contributed by atoms with van der Waals surface area (Å²) in [7, 11) is 0. The minimum atomic E-state index is -0.473. The van der Waals surface area contributed by atoms with Crippen LogP contribution >= 0.6 is 0 Å². The van der Waals surface area contributed by atoms with Gasteiger partial charge in [0.25, 0.3) is 5.56 Å². The van der Waals surface area contributed by atoms with Crippen molar-refractivity contribution in [3.05, 3.63) is 39.0 Å². The molecule has 0 unspecified atom stereocenters. The molecule has 0 saturated heterocycles. The lowest BCUT2D eigenvalue weighted by Gasteiger charge is -2.08. The van der Waals surface area contributed by atoms with Crippen molar-refractivity contribution in [2.24, 2.45) is 0 Å². The molecule has 0 saturated carbocycles. The summed E-state index contributed by atoms with van der Waals surface area (Å²) in [5.74, 6) is -0.0384. The van der Waals surface area contributed by atoms with E-state index in [0.29, 0.717) is 29.7 Å². The fourth-order valence-electron chi connectivity index (χ4n) is 3.59. The number of rotatable bonds is 11. The number of aromatic nitrogens is 4. The Morgan fingerprint density at radius 1 is 0.968 bits per heavy atom. The molecule has 1 aromatic carbocycles. The van der Waals surface area contributed by atoms with Crippen molar-refractivity contribution in [2.45, 2.75) is 78.2 Å². The molecule has 2 aromatic heterocycles. The highest BCUT2D eigenvalue weighted by molar-refractivity contribution is 5.93. The number of carbonyl (C=O) groups is 1. The average molecular weight is 426 g/mol. The summed E-state index contributed by atoms with van der Waals surface area (Å²) in [6.07, 6.45) is 8.54. The van der Waals surface area contributed by atoms with E-state index in [9.17, 15) is 14.4 Å². The van der Waals surface area contributed by atoms with Gasteiger partial charge in [-0.25, -0.2) is 14.8 Å². The van der Waals surface area contributed by atoms with E-state index < -0.39 is 11.2 Å². The Labute approximate surface area is 181 Å². The second-order valence-electron chi connectivity index (χ2n) is 7.93. The van der Waals surface area contributed by atoms with Crippen LogP contribution in [0.15, 0.2) is 27.8 Å². The standard InChI is InChI=1S/C23H31N5O3/c1-3-5-7-9-11-19(29)24-16-12-13-17-18(15-16)26-21-20(25-17)22(30)28(23(31)27-21)14-10-8-6-4-2/h12-13,15H,3-11,14H2,1-2H3,(H,24,29)(H,26,27,31). The van der Waals surface area contributed by atoms with E-state index in [4.69, 9.17) is 0 Å². The van der Waals surface area contributed by atoms with Gasteiger partial charge in [-0.2, -0.15) is 0 Å². The summed E-state index contributed by atoms with van der Waals surface area (Å²) < 4.78 is 1.20. The van der Waals surface area contributed by atoms with Gasteiger partial charge in [0.05, 0.1) is 11.0 Å². The van der Waals surface area contributed by atoms with Crippen LogP contribution in [0.4, 0.5) is 5.69 Å². The molecule has 2 heterocycles. The zero-order valence-corrected chi connectivity index (χ0v) is 18.4. The van der Waals surface area contributed by atoms with Crippen LogP contribution in [0.1, 0.15) is 71.6 Å². The lowest BCUT2D eigenvalue weighted by Crippen LogP contribution is -2.35. The number of benzene rings is 1. The number of nitrogens with one attached hydrogen (secondary N) is 2. The van der Waals surface area contributed by atoms with E-state index in [1.807, 2.05) is 0 Å². The lowest BCUT2D eigenvalue weighted by atomic mass is 10.1. The molecule has 8 heteroatoms. The predicted octanol–water partition coefficient (Wildman–Crippen LogP) is 4.12. The predicted molar refractivity (Wildman–Crippen MR) is 123 cm³/mol. The molecule has 0 bridgehead atoms. The van der Waals surface area contributed by atoms with Crippen LogP contribution in [0.5, 0.6) is 0 Å². The van der Waals surface area contributed by atoms with Crippen LogP contribution in [0.2, 0.25) is 0 Å². The zero-order chi connectivity index (χ0) is 22.2. The SMILES string of the molecule is CCCCCCC(=O)Nc1ccc2nc3c(=O)n(CCCCCC)c(=O)[nH]c3nc2c1. The third-order valence-electron chi connectivity index (χ3n) is 5.36. The smallest absolute Gasteiger partial charge is 0.326 e. The van der Waals surface area contributed by atoms with Crippen LogP contribution in [0, 0.1) is 0 Å². The Balaban J connectivity index is 1.82. The molecule has 8 nitrogen and oxygen atoms in total. The Bertz CT molecular complexity index is 1170. The molecule has 0 fully saturated rings. The van der Waals surface area contributed by atoms with E-state index in [-0.39, 0.29) is 17.1 Å². The summed E-state index contributed by atoms with van der Waals surface area (Å²) in [6, 6.07) is 5.19. The fourth-order valence-corrected chi connectivity index (χ4v) is 3.59. The molecule has 0 atom stereocenters. The first-order valence-corrected chi connectivity index (χ1v) is 11.3. The van der Waals surface area contributed by atoms with Crippen LogP contribution in [-0.2, 0) is 11.3 Å². The molecule has 0 radical (unpaired) electrons. The molecule has 0 aliphatic carbocycles. The van der Waals surface area contributed by atoms with Crippen LogP contribution < -0.4 is 16.6 Å². The van der Waals surface area contributed by atoms with E-state index in [1.165, 1.54) is 4.57 Å². The molecule has 3 aromatic rings. The van der Waals surface area contributed by atoms with Crippen molar-refractivity contribution < 1.29 is 4.79 Å². The van der Waals surface area contributed by atoms with Crippen molar-refractivity contribution in [3.63, 3.8) is 0 Å². The fraction of sp³-hybridized carbons (Fsp3) is 0.522. The molecule has 0 aliphatic heterocycles. The summed E-state index contributed by atoms with van der Waals surface area (Å²) in [5.41, 5.74) is 1.08. The van der Waals surface area contributed by atoms with E-state index in [1.54, 1.807) is 18.2 Å². The number of unbranched alkanes of at least 4 members (excludes halogenated alkanes) is 6. The minimum Gasteiger partial charge on any atom is -0.326 e. The number of amides is 1. The first-order chi connectivity index (χ1) is 15.0. The number of hydrogen-bond donors (Lipinski definition) is 2. The van der Waals surface area contributed by atoms with Gasteiger partial charge in [0.15, 0.2) is 11.2 Å². The minimum absolute atomic E-state index is 0.0384. The molecule has 0 aliphatic rings. The van der Waals surface area contributed by atoms with Crippen LogP contribution in [0.3, 0.4) is 0 Å². The Morgan fingerprint density at radius 2 is 1.71 bits per heavy atom. The first-order valence-electron chi connectivity index (χ1n) is 11.3. The number of H-pyrrole nitrogens is 1. The summed E-state index contributed by atoms with van der Waals surface area (Å²) in [4.78, 5) is 48.9. The van der Waals surface area contributed by atoms with Gasteiger partial charge in [-0.05, 0) is 31.0 Å². The third-order valence-corrected chi connectivity index (χ3v) is 5.36. The van der Waals surface area contributed by atoms with Crippen molar-refractivity contribution in [1.29, 1.82) is 0 Å². The maximum Gasteiger partial charge on any atom is 0.330 e. The van der Waals surface area contributed by atoms with Gasteiger partial charge in [0.1, 0.15) is 0 Å². The number of hydrogen-bond acceptors (Lipinski definition) is 5. The maximum absolute atomic E-state index is 12.8. The van der Waals surface area contributed by atoms with Crippen molar-refractivity contribution >= 4 is 33.8 Å². The summed E-state index contributed by atoms with van der Waals surface area (Å²) in [5, 5.41) is 2.88. The number of fused-ring (bicyclic) bond motifs is 2. The normalized spacial score (nSPS) is 11.3. The van der Waals surface area contributed by atoms with Gasteiger partial charge in [0, 0.05) is 18.7 Å². The molecular formula is C23H31N5O3. The van der Waals surface area contributed by atoms with Crippen LogP contribution in [-0.4, -0.2) is 25.4 Å². The van der Waals surface area contributed by atoms with Gasteiger partial charge in [0.2, 0.25) is 5.91 Å². The summed E-state index contributed by atoms with van der Waals surface area (Å²) >= 11 is 0. The van der Waals surface area contributed by atoms with Gasteiger partial charge in [-0.15, -0.1) is 0 Å². The second kappa shape index (κ2) is 10.8.